The van der Waals surface area contributed by atoms with Crippen LogP contribution in [0.15, 0.2) is 24.3 Å². The van der Waals surface area contributed by atoms with Crippen molar-refractivity contribution in [2.24, 2.45) is 0 Å². The van der Waals surface area contributed by atoms with Crippen LogP contribution < -0.4 is 0 Å². The first-order valence-electron chi connectivity index (χ1n) is 5.99. The highest BCUT2D eigenvalue weighted by molar-refractivity contribution is 7.72. The van der Waals surface area contributed by atoms with E-state index < -0.39 is 7.26 Å². The van der Waals surface area contributed by atoms with Crippen LogP contribution in [0.2, 0.25) is 0 Å². The molecule has 0 heterocycles. The first-order chi connectivity index (χ1) is 7.92. The van der Waals surface area contributed by atoms with Crippen LogP contribution in [0.25, 0.3) is 0 Å². The molecule has 0 aromatic heterocycles. The molecule has 1 aromatic rings. The number of esters is 1. The molecular formula is C14H22O2P+. The lowest BCUT2D eigenvalue weighted by Gasteiger charge is -2.12. The minimum Gasteiger partial charge on any atom is -0.462 e. The van der Waals surface area contributed by atoms with Gasteiger partial charge in [-0.05, 0) is 24.1 Å². The molecule has 0 aliphatic rings. The summed E-state index contributed by atoms with van der Waals surface area (Å²) in [4.78, 5) is 11.7. The van der Waals surface area contributed by atoms with Crippen molar-refractivity contribution in [3.05, 3.63) is 35.4 Å². The van der Waals surface area contributed by atoms with Gasteiger partial charge in [-0.3, -0.25) is 0 Å². The third-order valence-electron chi connectivity index (χ3n) is 2.26. The number of hydrogen-bond donors (Lipinski definition) is 0. The number of benzene rings is 1. The van der Waals surface area contributed by atoms with Gasteiger partial charge in [-0.2, -0.15) is 0 Å². The van der Waals surface area contributed by atoms with E-state index in [1.165, 1.54) is 5.56 Å². The van der Waals surface area contributed by atoms with Crippen LogP contribution in [0.1, 0.15) is 29.3 Å². The number of carbonyl (C=O) groups excluding carboxylic acids is 1. The van der Waals surface area contributed by atoms with Crippen molar-refractivity contribution in [1.82, 2.24) is 0 Å². The van der Waals surface area contributed by atoms with Crippen LogP contribution >= 0.6 is 7.26 Å². The van der Waals surface area contributed by atoms with Gasteiger partial charge >= 0.3 is 5.97 Å². The van der Waals surface area contributed by atoms with E-state index in [4.69, 9.17) is 4.74 Å². The maximum absolute atomic E-state index is 11.7. The lowest BCUT2D eigenvalue weighted by atomic mass is 10.1. The Morgan fingerprint density at radius 3 is 2.59 bits per heavy atom. The zero-order chi connectivity index (χ0) is 12.9. The smallest absolute Gasteiger partial charge is 0.338 e. The maximum Gasteiger partial charge on any atom is 0.338 e. The van der Waals surface area contributed by atoms with Gasteiger partial charge in [0.15, 0.2) is 0 Å². The minimum absolute atomic E-state index is 0.207. The molecule has 94 valence electrons. The highest BCUT2D eigenvalue weighted by atomic mass is 31.2. The summed E-state index contributed by atoms with van der Waals surface area (Å²) < 4.78 is 5.13. The fraction of sp³-hybridized carbons (Fsp3) is 0.500. The van der Waals surface area contributed by atoms with Crippen LogP contribution in [-0.4, -0.2) is 32.6 Å². The molecule has 0 atom stereocenters. The second-order valence-corrected chi connectivity index (χ2v) is 10.2. The molecule has 2 nitrogen and oxygen atoms in total. The van der Waals surface area contributed by atoms with Gasteiger partial charge in [0.25, 0.3) is 0 Å². The Morgan fingerprint density at radius 1 is 1.29 bits per heavy atom. The van der Waals surface area contributed by atoms with Crippen molar-refractivity contribution >= 4 is 13.2 Å². The monoisotopic (exact) mass is 253 g/mol. The van der Waals surface area contributed by atoms with Crippen molar-refractivity contribution < 1.29 is 9.53 Å². The van der Waals surface area contributed by atoms with Crippen molar-refractivity contribution in [1.29, 1.82) is 0 Å². The average Bonchev–Trinajstić information content (AvgIpc) is 2.24. The van der Waals surface area contributed by atoms with Gasteiger partial charge in [-0.15, -0.1) is 0 Å². The summed E-state index contributed by atoms with van der Waals surface area (Å²) in [7, 11) is -0.861. The second kappa shape index (κ2) is 6.16. The summed E-state index contributed by atoms with van der Waals surface area (Å²) in [5.41, 5.74) is 1.90. The van der Waals surface area contributed by atoms with Gasteiger partial charge < -0.3 is 4.74 Å². The fourth-order valence-corrected chi connectivity index (χ4v) is 2.91. The average molecular weight is 253 g/mol. The molecule has 0 N–H and O–H groups in total. The van der Waals surface area contributed by atoms with Crippen LogP contribution in [0.5, 0.6) is 0 Å². The van der Waals surface area contributed by atoms with Crippen LogP contribution in [0.4, 0.5) is 0 Å². The highest BCUT2D eigenvalue weighted by Crippen LogP contribution is 2.49. The third-order valence-corrected chi connectivity index (χ3v) is 3.57. The molecule has 1 rings (SSSR count). The topological polar surface area (TPSA) is 26.3 Å². The quantitative estimate of drug-likeness (QED) is 0.591. The van der Waals surface area contributed by atoms with E-state index in [1.807, 2.05) is 25.1 Å². The van der Waals surface area contributed by atoms with Crippen molar-refractivity contribution in [3.8, 4) is 0 Å². The molecule has 0 aliphatic carbocycles. The number of hydrogen-bond acceptors (Lipinski definition) is 2. The van der Waals surface area contributed by atoms with Gasteiger partial charge in [-0.25, -0.2) is 4.79 Å². The van der Waals surface area contributed by atoms with Crippen LogP contribution in [0, 0.1) is 0 Å². The largest absolute Gasteiger partial charge is 0.462 e. The van der Waals surface area contributed by atoms with Gasteiger partial charge in [-0.1, -0.05) is 19.1 Å². The molecule has 0 saturated carbocycles. The van der Waals surface area contributed by atoms with E-state index in [1.54, 1.807) is 0 Å². The van der Waals surface area contributed by atoms with E-state index in [0.29, 0.717) is 12.2 Å². The molecule has 0 spiro atoms. The van der Waals surface area contributed by atoms with E-state index in [9.17, 15) is 4.79 Å². The van der Waals surface area contributed by atoms with Crippen LogP contribution in [0.3, 0.4) is 0 Å². The summed E-state index contributed by atoms with van der Waals surface area (Å²) in [6, 6.07) is 7.81. The Labute approximate surface area is 105 Å². The Kier molecular flexibility index (Phi) is 5.14. The van der Waals surface area contributed by atoms with E-state index in [2.05, 4.69) is 26.1 Å². The molecule has 0 unspecified atom stereocenters. The summed E-state index contributed by atoms with van der Waals surface area (Å²) >= 11 is 0. The second-order valence-electron chi connectivity index (χ2n) is 5.28. The molecular weight excluding hydrogens is 231 g/mol. The normalized spacial score (nSPS) is 11.3. The standard InChI is InChI=1S/C14H22O2P/c1-5-9-16-14(15)13-8-6-7-12(10-13)11-17(2,3)4/h6-8,10H,5,9,11H2,1-4H3/q+1. The van der Waals surface area contributed by atoms with E-state index in [0.717, 1.165) is 12.6 Å². The summed E-state index contributed by atoms with van der Waals surface area (Å²) in [5, 5.41) is 0. The Morgan fingerprint density at radius 2 is 2.00 bits per heavy atom. The Hall–Kier alpha value is -0.880. The van der Waals surface area contributed by atoms with Gasteiger partial charge in [0.2, 0.25) is 0 Å². The summed E-state index contributed by atoms with van der Waals surface area (Å²) in [5.74, 6) is -0.207. The molecule has 0 saturated heterocycles. The number of carbonyl (C=O) groups is 1. The number of ether oxygens (including phenoxy) is 1. The van der Waals surface area contributed by atoms with Crippen molar-refractivity contribution in [3.63, 3.8) is 0 Å². The molecule has 3 heteroatoms. The molecule has 0 radical (unpaired) electrons. The lowest BCUT2D eigenvalue weighted by molar-refractivity contribution is 0.0505. The van der Waals surface area contributed by atoms with E-state index >= 15 is 0 Å². The molecule has 0 amide bonds. The van der Waals surface area contributed by atoms with Crippen LogP contribution in [-0.2, 0) is 10.9 Å². The minimum atomic E-state index is -0.861. The molecule has 0 fully saturated rings. The van der Waals surface area contributed by atoms with Crippen molar-refractivity contribution in [2.45, 2.75) is 19.5 Å². The lowest BCUT2D eigenvalue weighted by Crippen LogP contribution is -2.06. The Balaban J connectivity index is 2.75. The van der Waals surface area contributed by atoms with Crippen molar-refractivity contribution in [2.75, 3.05) is 26.6 Å². The highest BCUT2D eigenvalue weighted by Gasteiger charge is 2.18. The van der Waals surface area contributed by atoms with E-state index in [-0.39, 0.29) is 5.97 Å². The van der Waals surface area contributed by atoms with Gasteiger partial charge in [0, 0.05) is 27.3 Å². The fourth-order valence-electron chi connectivity index (χ4n) is 1.62. The first kappa shape index (κ1) is 14.2. The molecule has 0 bridgehead atoms. The number of rotatable bonds is 5. The third kappa shape index (κ3) is 5.32. The van der Waals surface area contributed by atoms with Gasteiger partial charge in [0.1, 0.15) is 0 Å². The maximum atomic E-state index is 11.7. The Bertz CT molecular complexity index is 380. The summed E-state index contributed by atoms with van der Waals surface area (Å²) in [6.07, 6.45) is 1.93. The zero-order valence-electron chi connectivity index (χ0n) is 11.2. The molecule has 1 aromatic carbocycles. The molecule has 0 aliphatic heterocycles. The SMILES string of the molecule is CCCOC(=O)c1cccc(C[P+](C)(C)C)c1. The zero-order valence-corrected chi connectivity index (χ0v) is 12.1. The van der Waals surface area contributed by atoms with Gasteiger partial charge in [0.05, 0.1) is 18.3 Å². The predicted octanol–water partition coefficient (Wildman–Crippen LogP) is 3.66. The predicted molar refractivity (Wildman–Crippen MR) is 75.4 cm³/mol. The summed E-state index contributed by atoms with van der Waals surface area (Å²) in [6.45, 7) is 9.39. The first-order valence-corrected chi connectivity index (χ1v) is 9.30. The molecule has 17 heavy (non-hydrogen) atoms.